The van der Waals surface area contributed by atoms with Crippen LogP contribution in [0.4, 0.5) is 14.5 Å². The Morgan fingerprint density at radius 3 is 2.35 bits per heavy atom. The first kappa shape index (κ1) is 14.5. The minimum absolute atomic E-state index is 0.0518. The molecule has 0 N–H and O–H groups in total. The summed E-state index contributed by atoms with van der Waals surface area (Å²) >= 11 is 1.48. The molecule has 0 unspecified atom stereocenters. The molecule has 20 heavy (non-hydrogen) atoms. The monoisotopic (exact) mass is 295 g/mol. The predicted molar refractivity (Wildman–Crippen MR) is 74.5 cm³/mol. The molecule has 0 aromatic heterocycles. The van der Waals surface area contributed by atoms with Crippen LogP contribution in [-0.2, 0) is 11.5 Å². The van der Waals surface area contributed by atoms with Crippen molar-refractivity contribution in [2.24, 2.45) is 0 Å². The molecule has 0 bridgehead atoms. The van der Waals surface area contributed by atoms with Crippen molar-refractivity contribution >= 4 is 17.4 Å². The maximum Gasteiger partial charge on any atom is 0.269 e. The molecule has 2 aromatic carbocycles. The smallest absolute Gasteiger partial charge is 0.258 e. The van der Waals surface area contributed by atoms with Crippen molar-refractivity contribution in [1.29, 1.82) is 0 Å². The summed E-state index contributed by atoms with van der Waals surface area (Å²) in [7, 11) is 0. The number of hydrogen-bond donors (Lipinski definition) is 0. The van der Waals surface area contributed by atoms with Gasteiger partial charge in [0, 0.05) is 23.6 Å². The molecular formula is C14H11F2NO2S. The van der Waals surface area contributed by atoms with Gasteiger partial charge in [-0.25, -0.2) is 8.78 Å². The zero-order valence-corrected chi connectivity index (χ0v) is 11.2. The van der Waals surface area contributed by atoms with E-state index in [0.29, 0.717) is 17.1 Å². The van der Waals surface area contributed by atoms with Gasteiger partial charge >= 0.3 is 0 Å². The third-order valence-corrected chi connectivity index (χ3v) is 3.72. The van der Waals surface area contributed by atoms with Crippen LogP contribution in [0.1, 0.15) is 11.1 Å². The maximum atomic E-state index is 13.0. The minimum Gasteiger partial charge on any atom is -0.258 e. The minimum atomic E-state index is -0.863. The maximum absolute atomic E-state index is 13.0. The van der Waals surface area contributed by atoms with E-state index in [1.54, 1.807) is 12.1 Å². The van der Waals surface area contributed by atoms with Gasteiger partial charge in [-0.2, -0.15) is 11.8 Å². The summed E-state index contributed by atoms with van der Waals surface area (Å²) < 4.78 is 25.8. The second-order valence-electron chi connectivity index (χ2n) is 4.17. The Labute approximate surface area is 118 Å². The Bertz CT molecular complexity index is 634. The average Bonchev–Trinajstić information content (AvgIpc) is 2.43. The molecule has 0 atom stereocenters. The summed E-state index contributed by atoms with van der Waals surface area (Å²) in [6.45, 7) is 0. The Balaban J connectivity index is 1.94. The van der Waals surface area contributed by atoms with Gasteiger partial charge in [0.2, 0.25) is 0 Å². The average molecular weight is 295 g/mol. The molecule has 0 aliphatic rings. The SMILES string of the molecule is O=[N+]([O-])c1cccc(CSCc2ccc(F)c(F)c2)c1. The number of rotatable bonds is 5. The fourth-order valence-corrected chi connectivity index (χ4v) is 2.61. The lowest BCUT2D eigenvalue weighted by Gasteiger charge is -2.03. The highest BCUT2D eigenvalue weighted by Crippen LogP contribution is 2.21. The van der Waals surface area contributed by atoms with E-state index in [4.69, 9.17) is 0 Å². The molecule has 2 aromatic rings. The normalized spacial score (nSPS) is 10.5. The molecule has 0 radical (unpaired) electrons. The Morgan fingerprint density at radius 1 is 1.00 bits per heavy atom. The van der Waals surface area contributed by atoms with Crippen molar-refractivity contribution in [2.45, 2.75) is 11.5 Å². The number of benzene rings is 2. The summed E-state index contributed by atoms with van der Waals surface area (Å²) in [6.07, 6.45) is 0. The quantitative estimate of drug-likeness (QED) is 0.610. The van der Waals surface area contributed by atoms with E-state index in [9.17, 15) is 18.9 Å². The summed E-state index contributed by atoms with van der Waals surface area (Å²) in [4.78, 5) is 10.2. The van der Waals surface area contributed by atoms with Gasteiger partial charge in [-0.3, -0.25) is 10.1 Å². The number of hydrogen-bond acceptors (Lipinski definition) is 3. The zero-order chi connectivity index (χ0) is 14.5. The van der Waals surface area contributed by atoms with Crippen molar-refractivity contribution in [3.8, 4) is 0 Å². The topological polar surface area (TPSA) is 43.1 Å². The first-order valence-electron chi connectivity index (χ1n) is 5.81. The van der Waals surface area contributed by atoms with Gasteiger partial charge in [0.25, 0.3) is 5.69 Å². The molecule has 6 heteroatoms. The van der Waals surface area contributed by atoms with E-state index in [2.05, 4.69) is 0 Å². The van der Waals surface area contributed by atoms with E-state index in [1.165, 1.54) is 30.0 Å². The van der Waals surface area contributed by atoms with Gasteiger partial charge in [-0.15, -0.1) is 0 Å². The van der Waals surface area contributed by atoms with Gasteiger partial charge in [0.15, 0.2) is 11.6 Å². The lowest BCUT2D eigenvalue weighted by Crippen LogP contribution is -1.90. The van der Waals surface area contributed by atoms with Crippen molar-refractivity contribution in [3.05, 3.63) is 75.3 Å². The number of thioether (sulfide) groups is 1. The van der Waals surface area contributed by atoms with Crippen LogP contribution in [-0.4, -0.2) is 4.92 Å². The van der Waals surface area contributed by atoms with Crippen LogP contribution in [0.25, 0.3) is 0 Å². The molecule has 0 spiro atoms. The second kappa shape index (κ2) is 6.47. The Morgan fingerprint density at radius 2 is 1.70 bits per heavy atom. The van der Waals surface area contributed by atoms with Crippen LogP contribution < -0.4 is 0 Å². The summed E-state index contributed by atoms with van der Waals surface area (Å²) in [5.74, 6) is -0.642. The van der Waals surface area contributed by atoms with E-state index < -0.39 is 16.6 Å². The molecule has 0 amide bonds. The molecule has 0 fully saturated rings. The van der Waals surface area contributed by atoms with Gasteiger partial charge in [-0.1, -0.05) is 18.2 Å². The molecule has 2 rings (SSSR count). The van der Waals surface area contributed by atoms with Gasteiger partial charge in [0.1, 0.15) is 0 Å². The van der Waals surface area contributed by atoms with Crippen LogP contribution in [0.3, 0.4) is 0 Å². The summed E-state index contributed by atoms with van der Waals surface area (Å²) in [6, 6.07) is 10.2. The van der Waals surface area contributed by atoms with Crippen LogP contribution in [0, 0.1) is 21.7 Å². The van der Waals surface area contributed by atoms with Crippen molar-refractivity contribution in [1.82, 2.24) is 0 Å². The number of non-ortho nitro benzene ring substituents is 1. The Hall–Kier alpha value is -1.95. The number of nitro groups is 1. The largest absolute Gasteiger partial charge is 0.269 e. The van der Waals surface area contributed by atoms with Crippen molar-refractivity contribution < 1.29 is 13.7 Å². The van der Waals surface area contributed by atoms with Crippen LogP contribution in [0.2, 0.25) is 0 Å². The first-order chi connectivity index (χ1) is 9.56. The molecule has 0 saturated heterocycles. The van der Waals surface area contributed by atoms with Crippen LogP contribution in [0.15, 0.2) is 42.5 Å². The molecule has 0 saturated carbocycles. The highest BCUT2D eigenvalue weighted by atomic mass is 32.2. The van der Waals surface area contributed by atoms with Gasteiger partial charge in [-0.05, 0) is 23.3 Å². The number of halogens is 2. The number of nitrogens with zero attached hydrogens (tertiary/aromatic N) is 1. The molecule has 3 nitrogen and oxygen atoms in total. The Kier molecular flexibility index (Phi) is 4.68. The predicted octanol–water partition coefficient (Wildman–Crippen LogP) is 4.31. The van der Waals surface area contributed by atoms with E-state index in [-0.39, 0.29) is 5.69 Å². The van der Waals surface area contributed by atoms with Crippen molar-refractivity contribution in [3.63, 3.8) is 0 Å². The third kappa shape index (κ3) is 3.77. The lowest BCUT2D eigenvalue weighted by molar-refractivity contribution is -0.384. The highest BCUT2D eigenvalue weighted by molar-refractivity contribution is 7.97. The molecule has 0 aliphatic carbocycles. The molecular weight excluding hydrogens is 284 g/mol. The van der Waals surface area contributed by atoms with Gasteiger partial charge in [0.05, 0.1) is 4.92 Å². The van der Waals surface area contributed by atoms with E-state index in [1.807, 2.05) is 0 Å². The summed E-state index contributed by atoms with van der Waals surface area (Å²) in [5, 5.41) is 10.6. The van der Waals surface area contributed by atoms with E-state index >= 15 is 0 Å². The lowest BCUT2D eigenvalue weighted by atomic mass is 10.2. The van der Waals surface area contributed by atoms with Gasteiger partial charge < -0.3 is 0 Å². The third-order valence-electron chi connectivity index (χ3n) is 2.64. The summed E-state index contributed by atoms with van der Waals surface area (Å²) in [5.41, 5.74) is 1.56. The molecule has 0 aliphatic heterocycles. The first-order valence-corrected chi connectivity index (χ1v) is 6.97. The second-order valence-corrected chi connectivity index (χ2v) is 5.15. The fraction of sp³-hybridized carbons (Fsp3) is 0.143. The molecule has 0 heterocycles. The van der Waals surface area contributed by atoms with Crippen LogP contribution >= 0.6 is 11.8 Å². The molecule has 104 valence electrons. The van der Waals surface area contributed by atoms with E-state index in [0.717, 1.165) is 17.7 Å². The fourth-order valence-electron chi connectivity index (χ4n) is 1.68. The van der Waals surface area contributed by atoms with Crippen LogP contribution in [0.5, 0.6) is 0 Å². The standard InChI is InChI=1S/C14H11F2NO2S/c15-13-5-4-11(7-14(13)16)9-20-8-10-2-1-3-12(6-10)17(18)19/h1-7H,8-9H2. The van der Waals surface area contributed by atoms with Crippen molar-refractivity contribution in [2.75, 3.05) is 0 Å². The highest BCUT2D eigenvalue weighted by Gasteiger charge is 2.06. The number of nitro benzene ring substituents is 1. The zero-order valence-electron chi connectivity index (χ0n) is 10.4.